The third-order valence-electron chi connectivity index (χ3n) is 1.82. The van der Waals surface area contributed by atoms with E-state index in [1.165, 1.54) is 6.07 Å². The molecule has 1 N–H and O–H groups in total. The number of hydrogen-bond acceptors (Lipinski definition) is 2. The number of hydrogen-bond donors (Lipinski definition) is 1. The van der Waals surface area contributed by atoms with Gasteiger partial charge in [-0.05, 0) is 12.1 Å². The number of rotatable bonds is 1. The van der Waals surface area contributed by atoms with Crippen LogP contribution < -0.4 is 0 Å². The SMILES string of the molecule is Cl.O=C(O)c1ccc2ccccc2n1. The van der Waals surface area contributed by atoms with Crippen LogP contribution in [0.1, 0.15) is 10.5 Å². The second-order valence-corrected chi connectivity index (χ2v) is 2.69. The van der Waals surface area contributed by atoms with Crippen LogP contribution in [0.25, 0.3) is 10.9 Å². The zero-order chi connectivity index (χ0) is 9.26. The summed E-state index contributed by atoms with van der Waals surface area (Å²) < 4.78 is 0. The van der Waals surface area contributed by atoms with Crippen LogP contribution in [0.4, 0.5) is 0 Å². The van der Waals surface area contributed by atoms with Crippen molar-refractivity contribution in [1.29, 1.82) is 0 Å². The highest BCUT2D eigenvalue weighted by Crippen LogP contribution is 2.11. The number of carbonyl (C=O) groups is 1. The molecule has 0 bridgehead atoms. The van der Waals surface area contributed by atoms with Gasteiger partial charge in [-0.1, -0.05) is 24.3 Å². The van der Waals surface area contributed by atoms with Gasteiger partial charge in [-0.3, -0.25) is 0 Å². The highest BCUT2D eigenvalue weighted by molar-refractivity contribution is 5.89. The minimum absolute atomic E-state index is 0. The summed E-state index contributed by atoms with van der Waals surface area (Å²) in [5.41, 5.74) is 0.793. The van der Waals surface area contributed by atoms with Crippen LogP contribution in [0.2, 0.25) is 0 Å². The fourth-order valence-corrected chi connectivity index (χ4v) is 1.19. The van der Waals surface area contributed by atoms with Crippen molar-refractivity contribution in [2.24, 2.45) is 0 Å². The molecule has 3 nitrogen and oxygen atoms in total. The van der Waals surface area contributed by atoms with Crippen LogP contribution in [-0.4, -0.2) is 16.1 Å². The van der Waals surface area contributed by atoms with Crippen molar-refractivity contribution in [3.63, 3.8) is 0 Å². The van der Waals surface area contributed by atoms with E-state index in [1.807, 2.05) is 18.2 Å². The largest absolute Gasteiger partial charge is 0.477 e. The average Bonchev–Trinajstić information content (AvgIpc) is 2.17. The number of nitrogens with zero attached hydrogens (tertiary/aromatic N) is 1. The lowest BCUT2D eigenvalue weighted by molar-refractivity contribution is 0.0691. The molecule has 0 spiro atoms. The van der Waals surface area contributed by atoms with Gasteiger partial charge in [0.2, 0.25) is 0 Å². The Balaban J connectivity index is 0.000000980. The van der Waals surface area contributed by atoms with Crippen molar-refractivity contribution >= 4 is 29.3 Å². The molecular formula is C10H8ClNO2. The normalized spacial score (nSPS) is 9.43. The summed E-state index contributed by atoms with van der Waals surface area (Å²) in [6.45, 7) is 0. The molecule has 0 aliphatic rings. The molecule has 0 aliphatic carbocycles. The third-order valence-corrected chi connectivity index (χ3v) is 1.82. The summed E-state index contributed by atoms with van der Waals surface area (Å²) in [4.78, 5) is 14.6. The Labute approximate surface area is 86.8 Å². The Bertz CT molecular complexity index is 470. The van der Waals surface area contributed by atoms with Crippen LogP contribution in [0.15, 0.2) is 36.4 Å². The number of carboxylic acids is 1. The Morgan fingerprint density at radius 2 is 1.86 bits per heavy atom. The van der Waals surface area contributed by atoms with Crippen LogP contribution in [0.5, 0.6) is 0 Å². The molecule has 0 saturated heterocycles. The smallest absolute Gasteiger partial charge is 0.354 e. The fourth-order valence-electron chi connectivity index (χ4n) is 1.19. The lowest BCUT2D eigenvalue weighted by Gasteiger charge is -1.97. The molecule has 72 valence electrons. The first-order valence-corrected chi connectivity index (χ1v) is 3.86. The minimum Gasteiger partial charge on any atom is -0.477 e. The number of pyridine rings is 1. The molecule has 0 fully saturated rings. The molecule has 1 aromatic heterocycles. The molecule has 0 saturated carbocycles. The molecule has 0 unspecified atom stereocenters. The summed E-state index contributed by atoms with van der Waals surface area (Å²) in [5, 5.41) is 9.63. The van der Waals surface area contributed by atoms with Crippen molar-refractivity contribution < 1.29 is 9.90 Å². The van der Waals surface area contributed by atoms with E-state index >= 15 is 0 Å². The lowest BCUT2D eigenvalue weighted by atomic mass is 10.2. The topological polar surface area (TPSA) is 50.2 Å². The Morgan fingerprint density at radius 1 is 1.14 bits per heavy atom. The summed E-state index contributed by atoms with van der Waals surface area (Å²) in [5.74, 6) is -0.995. The number of halogens is 1. The molecule has 14 heavy (non-hydrogen) atoms. The number of aromatic carboxylic acids is 1. The first kappa shape index (κ1) is 10.5. The molecule has 4 heteroatoms. The van der Waals surface area contributed by atoms with Crippen molar-refractivity contribution in [3.05, 3.63) is 42.1 Å². The summed E-state index contributed by atoms with van der Waals surface area (Å²) in [6.07, 6.45) is 0. The van der Waals surface area contributed by atoms with Crippen LogP contribution >= 0.6 is 12.4 Å². The predicted molar refractivity (Wildman–Crippen MR) is 56.0 cm³/mol. The first-order valence-electron chi connectivity index (χ1n) is 3.86. The summed E-state index contributed by atoms with van der Waals surface area (Å²) in [7, 11) is 0. The van der Waals surface area contributed by atoms with Gasteiger partial charge in [0.1, 0.15) is 5.69 Å². The lowest BCUT2D eigenvalue weighted by Crippen LogP contribution is -1.99. The molecule has 2 aromatic rings. The van der Waals surface area contributed by atoms with E-state index in [1.54, 1.807) is 12.1 Å². The van der Waals surface area contributed by atoms with E-state index in [4.69, 9.17) is 5.11 Å². The highest BCUT2D eigenvalue weighted by atomic mass is 35.5. The number of carboxylic acid groups (broad SMARTS) is 1. The number of para-hydroxylation sites is 1. The van der Waals surface area contributed by atoms with E-state index in [9.17, 15) is 4.79 Å². The van der Waals surface area contributed by atoms with Crippen LogP contribution in [0.3, 0.4) is 0 Å². The number of fused-ring (bicyclic) bond motifs is 1. The van der Waals surface area contributed by atoms with E-state index in [0.717, 1.165) is 5.39 Å². The van der Waals surface area contributed by atoms with Crippen molar-refractivity contribution in [2.45, 2.75) is 0 Å². The van der Waals surface area contributed by atoms with Gasteiger partial charge < -0.3 is 5.11 Å². The van der Waals surface area contributed by atoms with Crippen LogP contribution in [0, 0.1) is 0 Å². The van der Waals surface area contributed by atoms with Crippen LogP contribution in [-0.2, 0) is 0 Å². The van der Waals surface area contributed by atoms with Gasteiger partial charge in [0.05, 0.1) is 5.52 Å². The zero-order valence-electron chi connectivity index (χ0n) is 7.18. The third kappa shape index (κ3) is 1.83. The Morgan fingerprint density at radius 3 is 2.57 bits per heavy atom. The Kier molecular flexibility index (Phi) is 3.04. The predicted octanol–water partition coefficient (Wildman–Crippen LogP) is 2.35. The summed E-state index contributed by atoms with van der Waals surface area (Å²) in [6, 6.07) is 10.7. The molecule has 0 amide bonds. The molecule has 0 aliphatic heterocycles. The van der Waals surface area contributed by atoms with Crippen molar-refractivity contribution in [2.75, 3.05) is 0 Å². The fraction of sp³-hybridized carbons (Fsp3) is 0. The Hall–Kier alpha value is -1.61. The maximum Gasteiger partial charge on any atom is 0.354 e. The molecule has 0 radical (unpaired) electrons. The van der Waals surface area contributed by atoms with Gasteiger partial charge in [0.15, 0.2) is 0 Å². The molecular weight excluding hydrogens is 202 g/mol. The monoisotopic (exact) mass is 209 g/mol. The summed E-state index contributed by atoms with van der Waals surface area (Å²) >= 11 is 0. The minimum atomic E-state index is -0.995. The second kappa shape index (κ2) is 4.07. The standard InChI is InChI=1S/C10H7NO2.ClH/c12-10(13)9-6-5-7-3-1-2-4-8(7)11-9;/h1-6H,(H,12,13);1H. The van der Waals surface area contributed by atoms with Gasteiger partial charge in [-0.15, -0.1) is 12.4 Å². The number of benzene rings is 1. The van der Waals surface area contributed by atoms with E-state index in [-0.39, 0.29) is 18.1 Å². The van der Waals surface area contributed by atoms with Gasteiger partial charge >= 0.3 is 5.97 Å². The molecule has 1 aromatic carbocycles. The average molecular weight is 210 g/mol. The number of aromatic nitrogens is 1. The van der Waals surface area contributed by atoms with E-state index < -0.39 is 5.97 Å². The quantitative estimate of drug-likeness (QED) is 0.785. The van der Waals surface area contributed by atoms with Crippen molar-refractivity contribution in [3.8, 4) is 0 Å². The molecule has 1 heterocycles. The highest BCUT2D eigenvalue weighted by Gasteiger charge is 2.03. The second-order valence-electron chi connectivity index (χ2n) is 2.69. The maximum atomic E-state index is 10.6. The first-order chi connectivity index (χ1) is 6.27. The van der Waals surface area contributed by atoms with Gasteiger partial charge in [0, 0.05) is 5.39 Å². The van der Waals surface area contributed by atoms with Gasteiger partial charge in [-0.25, -0.2) is 9.78 Å². The van der Waals surface area contributed by atoms with Gasteiger partial charge in [-0.2, -0.15) is 0 Å². The maximum absolute atomic E-state index is 10.6. The van der Waals surface area contributed by atoms with E-state index in [2.05, 4.69) is 4.98 Å². The molecule has 2 rings (SSSR count). The van der Waals surface area contributed by atoms with Crippen molar-refractivity contribution in [1.82, 2.24) is 4.98 Å². The zero-order valence-corrected chi connectivity index (χ0v) is 7.99. The molecule has 0 atom stereocenters. The van der Waals surface area contributed by atoms with E-state index in [0.29, 0.717) is 5.52 Å². The van der Waals surface area contributed by atoms with Gasteiger partial charge in [0.25, 0.3) is 0 Å².